The number of unbranched alkanes of at least 4 members (excludes halogenated alkanes) is 2. The molecule has 0 spiro atoms. The number of benzene rings is 1. The van der Waals surface area contributed by atoms with Gasteiger partial charge in [0.05, 0.1) is 11.4 Å². The summed E-state index contributed by atoms with van der Waals surface area (Å²) in [6.45, 7) is 4.34. The summed E-state index contributed by atoms with van der Waals surface area (Å²) in [6.07, 6.45) is 4.37. The summed E-state index contributed by atoms with van der Waals surface area (Å²) >= 11 is 0. The first-order chi connectivity index (χ1) is 12.2. The van der Waals surface area contributed by atoms with E-state index in [4.69, 9.17) is 0 Å². The molecule has 2 amide bonds. The number of carbonyl (C=O) groups is 2. The van der Waals surface area contributed by atoms with Crippen molar-refractivity contribution in [3.05, 3.63) is 23.8 Å². The predicted molar refractivity (Wildman–Crippen MR) is 95.5 cm³/mol. The Morgan fingerprint density at radius 2 is 2.12 bits per heavy atom. The van der Waals surface area contributed by atoms with Crippen LogP contribution in [0.2, 0.25) is 0 Å². The maximum Gasteiger partial charge on any atom is 0.262 e. The maximum atomic E-state index is 12.3. The minimum absolute atomic E-state index is 0.209. The molecule has 0 bridgehead atoms. The van der Waals surface area contributed by atoms with E-state index in [1.165, 1.54) is 0 Å². The van der Waals surface area contributed by atoms with Crippen LogP contribution in [0.5, 0.6) is 0 Å². The van der Waals surface area contributed by atoms with Crippen molar-refractivity contribution in [1.82, 2.24) is 25.9 Å². The van der Waals surface area contributed by atoms with Crippen molar-refractivity contribution in [3.8, 4) is 0 Å². The van der Waals surface area contributed by atoms with Crippen LogP contribution in [0.4, 0.5) is 5.95 Å². The number of hydrazine groups is 1. The van der Waals surface area contributed by atoms with Crippen molar-refractivity contribution < 1.29 is 9.59 Å². The molecule has 134 valence electrons. The number of aryl methyl sites for hydroxylation is 1. The van der Waals surface area contributed by atoms with E-state index in [1.807, 2.05) is 25.1 Å². The molecule has 1 heterocycles. The number of nitrogens with zero attached hydrogens (tertiary/aromatic N) is 3. The van der Waals surface area contributed by atoms with Crippen LogP contribution >= 0.6 is 0 Å². The number of fused-ring (bicyclic) bond motifs is 1. The average Bonchev–Trinajstić information content (AvgIpc) is 2.63. The standard InChI is InChI=1S/C17H24N6O2/c1-3-4-5-8-13(10-18-11-24)16(25)21-23-17-19-15-12(2)7-6-9-14(15)20-22-17/h6-7,9,11,13H,3-5,8,10H2,1-2H3,(H,18,24)(H,21,25)(H,19,22,23)/t13-/m0/s1. The zero-order chi connectivity index (χ0) is 18.1. The minimum atomic E-state index is -0.306. The molecule has 0 aliphatic rings. The Balaban J connectivity index is 1.98. The highest BCUT2D eigenvalue weighted by Gasteiger charge is 2.18. The monoisotopic (exact) mass is 344 g/mol. The van der Waals surface area contributed by atoms with E-state index < -0.39 is 0 Å². The van der Waals surface area contributed by atoms with Gasteiger partial charge in [-0.1, -0.05) is 38.3 Å². The molecule has 8 heteroatoms. The summed E-state index contributed by atoms with van der Waals surface area (Å²) in [5.41, 5.74) is 7.73. The summed E-state index contributed by atoms with van der Waals surface area (Å²) in [4.78, 5) is 27.2. The second kappa shape index (κ2) is 9.51. The van der Waals surface area contributed by atoms with Gasteiger partial charge in [-0.2, -0.15) is 0 Å². The molecule has 3 N–H and O–H groups in total. The van der Waals surface area contributed by atoms with Gasteiger partial charge < -0.3 is 5.32 Å². The van der Waals surface area contributed by atoms with Gasteiger partial charge in [0.25, 0.3) is 5.95 Å². The lowest BCUT2D eigenvalue weighted by Gasteiger charge is -2.16. The van der Waals surface area contributed by atoms with Crippen LogP contribution in [-0.4, -0.2) is 34.0 Å². The number of anilines is 1. The van der Waals surface area contributed by atoms with Crippen LogP contribution in [0.25, 0.3) is 11.0 Å². The topological polar surface area (TPSA) is 109 Å². The molecule has 0 aliphatic heterocycles. The summed E-state index contributed by atoms with van der Waals surface area (Å²) in [6, 6.07) is 5.66. The first-order valence-corrected chi connectivity index (χ1v) is 8.48. The number of para-hydroxylation sites is 1. The second-order valence-electron chi connectivity index (χ2n) is 5.91. The zero-order valence-electron chi connectivity index (χ0n) is 14.6. The van der Waals surface area contributed by atoms with Gasteiger partial charge in [-0.25, -0.2) is 4.98 Å². The molecule has 1 aromatic heterocycles. The second-order valence-corrected chi connectivity index (χ2v) is 5.91. The smallest absolute Gasteiger partial charge is 0.262 e. The van der Waals surface area contributed by atoms with E-state index in [2.05, 4.69) is 38.3 Å². The highest BCUT2D eigenvalue weighted by atomic mass is 16.2. The molecule has 25 heavy (non-hydrogen) atoms. The largest absolute Gasteiger partial charge is 0.358 e. The van der Waals surface area contributed by atoms with Crippen LogP contribution in [-0.2, 0) is 9.59 Å². The van der Waals surface area contributed by atoms with Gasteiger partial charge in [0.2, 0.25) is 12.3 Å². The van der Waals surface area contributed by atoms with E-state index in [-0.39, 0.29) is 17.8 Å². The predicted octanol–water partition coefficient (Wildman–Crippen LogP) is 1.72. The Hall–Kier alpha value is -2.77. The van der Waals surface area contributed by atoms with E-state index in [0.717, 1.165) is 30.3 Å². The van der Waals surface area contributed by atoms with Gasteiger partial charge >= 0.3 is 0 Å². The quantitative estimate of drug-likeness (QED) is 0.344. The number of nitrogens with one attached hydrogen (secondary N) is 3. The van der Waals surface area contributed by atoms with Gasteiger partial charge in [-0.05, 0) is 25.0 Å². The molecule has 0 aliphatic carbocycles. The van der Waals surface area contributed by atoms with Gasteiger partial charge in [0, 0.05) is 6.54 Å². The Morgan fingerprint density at radius 1 is 1.28 bits per heavy atom. The summed E-state index contributed by atoms with van der Waals surface area (Å²) in [7, 11) is 0. The fourth-order valence-corrected chi connectivity index (χ4v) is 2.53. The normalized spacial score (nSPS) is 11.8. The summed E-state index contributed by atoms with van der Waals surface area (Å²) in [5.74, 6) is -0.288. The molecule has 8 nitrogen and oxygen atoms in total. The van der Waals surface area contributed by atoms with E-state index in [1.54, 1.807) is 0 Å². The highest BCUT2D eigenvalue weighted by molar-refractivity contribution is 5.81. The van der Waals surface area contributed by atoms with Crippen molar-refractivity contribution >= 4 is 29.3 Å². The third-order valence-electron chi connectivity index (χ3n) is 3.96. The first-order valence-electron chi connectivity index (χ1n) is 8.48. The molecule has 0 radical (unpaired) electrons. The molecule has 2 rings (SSSR count). The average molecular weight is 344 g/mol. The third kappa shape index (κ3) is 5.37. The Morgan fingerprint density at radius 3 is 2.88 bits per heavy atom. The fraction of sp³-hybridized carbons (Fsp3) is 0.471. The van der Waals surface area contributed by atoms with E-state index in [9.17, 15) is 9.59 Å². The van der Waals surface area contributed by atoms with Gasteiger partial charge in [-0.15, -0.1) is 10.2 Å². The van der Waals surface area contributed by atoms with Gasteiger partial charge in [0.15, 0.2) is 0 Å². The molecule has 1 aromatic carbocycles. The molecule has 0 saturated carbocycles. The van der Waals surface area contributed by atoms with Crippen molar-refractivity contribution in [2.45, 2.75) is 39.5 Å². The van der Waals surface area contributed by atoms with Crippen molar-refractivity contribution in [2.75, 3.05) is 12.0 Å². The van der Waals surface area contributed by atoms with Crippen molar-refractivity contribution in [3.63, 3.8) is 0 Å². The number of carbonyl (C=O) groups excluding carboxylic acids is 2. The van der Waals surface area contributed by atoms with Crippen LogP contribution in [0, 0.1) is 12.8 Å². The van der Waals surface area contributed by atoms with Crippen molar-refractivity contribution in [1.29, 1.82) is 0 Å². The maximum absolute atomic E-state index is 12.3. The lowest BCUT2D eigenvalue weighted by atomic mass is 10.0. The lowest BCUT2D eigenvalue weighted by molar-refractivity contribution is -0.124. The molecule has 0 unspecified atom stereocenters. The Bertz CT molecular complexity index is 721. The highest BCUT2D eigenvalue weighted by Crippen LogP contribution is 2.14. The zero-order valence-corrected chi connectivity index (χ0v) is 14.6. The van der Waals surface area contributed by atoms with Crippen LogP contribution in [0.1, 0.15) is 38.2 Å². The Kier molecular flexibility index (Phi) is 7.06. The Labute approximate surface area is 146 Å². The molecule has 1 atom stereocenters. The number of hydrogen-bond acceptors (Lipinski definition) is 6. The van der Waals surface area contributed by atoms with Crippen molar-refractivity contribution in [2.24, 2.45) is 5.92 Å². The van der Waals surface area contributed by atoms with E-state index in [0.29, 0.717) is 24.9 Å². The molecular weight excluding hydrogens is 320 g/mol. The minimum Gasteiger partial charge on any atom is -0.358 e. The van der Waals surface area contributed by atoms with Crippen LogP contribution in [0.15, 0.2) is 18.2 Å². The number of aromatic nitrogens is 3. The van der Waals surface area contributed by atoms with Gasteiger partial charge in [-0.3, -0.25) is 20.4 Å². The fourth-order valence-electron chi connectivity index (χ4n) is 2.53. The summed E-state index contributed by atoms with van der Waals surface area (Å²) in [5, 5.41) is 10.6. The van der Waals surface area contributed by atoms with E-state index >= 15 is 0 Å². The third-order valence-corrected chi connectivity index (χ3v) is 3.96. The number of amides is 2. The molecular formula is C17H24N6O2. The first kappa shape index (κ1) is 18.6. The van der Waals surface area contributed by atoms with Gasteiger partial charge in [0.1, 0.15) is 5.52 Å². The van der Waals surface area contributed by atoms with Crippen LogP contribution < -0.4 is 16.2 Å². The number of rotatable bonds is 10. The lowest BCUT2D eigenvalue weighted by Crippen LogP contribution is -2.40. The molecule has 0 saturated heterocycles. The van der Waals surface area contributed by atoms with Crippen LogP contribution in [0.3, 0.4) is 0 Å². The molecule has 0 fully saturated rings. The molecule has 2 aromatic rings. The summed E-state index contributed by atoms with van der Waals surface area (Å²) < 4.78 is 0. The number of hydrogen-bond donors (Lipinski definition) is 3. The SMILES string of the molecule is CCCCC[C@@H](CNC=O)C(=O)NNc1nnc2cccc(C)c2n1.